The molecule has 2 aromatic carbocycles. The van der Waals surface area contributed by atoms with Crippen molar-refractivity contribution in [3.05, 3.63) is 64.7 Å². The van der Waals surface area contributed by atoms with Gasteiger partial charge in [-0.3, -0.25) is 9.59 Å². The monoisotopic (exact) mass is 474 g/mol. The van der Waals surface area contributed by atoms with Crippen LogP contribution in [0.15, 0.2) is 42.5 Å². The molecule has 5 rings (SSSR count). The van der Waals surface area contributed by atoms with Gasteiger partial charge >= 0.3 is 0 Å². The van der Waals surface area contributed by atoms with Crippen molar-refractivity contribution in [3.8, 4) is 5.75 Å². The van der Waals surface area contributed by atoms with Crippen molar-refractivity contribution in [3.63, 3.8) is 0 Å². The fraction of sp³-hybridized carbons (Fsp3) is 0.533. The van der Waals surface area contributed by atoms with E-state index < -0.39 is 6.10 Å². The summed E-state index contributed by atoms with van der Waals surface area (Å²) in [5.41, 5.74) is 4.74. The molecule has 186 valence electrons. The lowest BCUT2D eigenvalue weighted by atomic mass is 9.86. The summed E-state index contributed by atoms with van der Waals surface area (Å²) < 4.78 is 6.31. The van der Waals surface area contributed by atoms with Gasteiger partial charge in [-0.25, -0.2) is 0 Å². The first-order valence-corrected chi connectivity index (χ1v) is 13.5. The lowest BCUT2D eigenvalue weighted by Crippen LogP contribution is -2.43. The van der Waals surface area contributed by atoms with E-state index in [9.17, 15) is 9.59 Å². The van der Waals surface area contributed by atoms with Crippen LogP contribution in [0.5, 0.6) is 5.75 Å². The molecule has 0 spiro atoms. The zero-order valence-electron chi connectivity index (χ0n) is 21.2. The van der Waals surface area contributed by atoms with Gasteiger partial charge in [0.05, 0.1) is 6.04 Å². The van der Waals surface area contributed by atoms with Gasteiger partial charge < -0.3 is 14.5 Å². The third-order valence-corrected chi connectivity index (χ3v) is 8.07. The van der Waals surface area contributed by atoms with Gasteiger partial charge in [-0.15, -0.1) is 0 Å². The van der Waals surface area contributed by atoms with Crippen LogP contribution in [0.4, 0.5) is 0 Å². The van der Waals surface area contributed by atoms with Crippen molar-refractivity contribution in [1.82, 2.24) is 9.80 Å². The molecule has 2 fully saturated rings. The molecule has 35 heavy (non-hydrogen) atoms. The number of carbonyl (C=O) groups is 2. The van der Waals surface area contributed by atoms with Crippen molar-refractivity contribution in [2.24, 2.45) is 5.92 Å². The van der Waals surface area contributed by atoms with Gasteiger partial charge in [0.2, 0.25) is 5.91 Å². The van der Waals surface area contributed by atoms with Crippen LogP contribution in [0.2, 0.25) is 0 Å². The maximum atomic E-state index is 13.7. The number of likely N-dealkylation sites (tertiary alicyclic amines) is 1. The molecule has 2 heterocycles. The quantitative estimate of drug-likeness (QED) is 0.560. The molecule has 1 saturated heterocycles. The van der Waals surface area contributed by atoms with Gasteiger partial charge in [0, 0.05) is 25.6 Å². The second-order valence-electron chi connectivity index (χ2n) is 10.5. The second-order valence-corrected chi connectivity index (χ2v) is 10.5. The number of nitrogens with zero attached hydrogens (tertiary/aromatic N) is 2. The fourth-order valence-corrected chi connectivity index (χ4v) is 6.03. The molecule has 2 aliphatic heterocycles. The number of hydrogen-bond acceptors (Lipinski definition) is 3. The van der Waals surface area contributed by atoms with Crippen LogP contribution in [-0.2, 0) is 16.0 Å². The molecule has 0 radical (unpaired) electrons. The fourth-order valence-electron chi connectivity index (χ4n) is 6.03. The predicted octanol–water partition coefficient (Wildman–Crippen LogP) is 5.44. The molecule has 1 aliphatic carbocycles. The number of hydrogen-bond donors (Lipinski definition) is 0. The van der Waals surface area contributed by atoms with Crippen LogP contribution < -0.4 is 4.74 Å². The molecule has 2 atom stereocenters. The first-order chi connectivity index (χ1) is 17.0. The van der Waals surface area contributed by atoms with E-state index in [1.54, 1.807) is 0 Å². The normalized spacial score (nSPS) is 21.1. The van der Waals surface area contributed by atoms with E-state index in [4.69, 9.17) is 4.74 Å². The van der Waals surface area contributed by atoms with Gasteiger partial charge in [-0.05, 0) is 74.3 Å². The van der Waals surface area contributed by atoms with Crippen molar-refractivity contribution in [2.75, 3.05) is 19.6 Å². The average molecular weight is 475 g/mol. The molecule has 1 saturated carbocycles. The Morgan fingerprint density at radius 1 is 0.971 bits per heavy atom. The minimum absolute atomic E-state index is 0.0934. The third kappa shape index (κ3) is 4.96. The summed E-state index contributed by atoms with van der Waals surface area (Å²) in [7, 11) is 0. The van der Waals surface area contributed by atoms with Crippen molar-refractivity contribution < 1.29 is 14.3 Å². The van der Waals surface area contributed by atoms with Crippen LogP contribution >= 0.6 is 0 Å². The number of aryl methyl sites for hydroxylation is 1. The molecular weight excluding hydrogens is 436 g/mol. The summed E-state index contributed by atoms with van der Waals surface area (Å²) >= 11 is 0. The molecule has 0 unspecified atom stereocenters. The van der Waals surface area contributed by atoms with E-state index >= 15 is 0 Å². The lowest BCUT2D eigenvalue weighted by molar-refractivity contribution is -0.138. The Morgan fingerprint density at radius 3 is 2.37 bits per heavy atom. The molecular formula is C30H38N2O3. The molecule has 2 amide bonds. The Balaban J connectivity index is 1.46. The summed E-state index contributed by atoms with van der Waals surface area (Å²) in [6, 6.07) is 14.7. The highest BCUT2D eigenvalue weighted by molar-refractivity contribution is 5.82. The van der Waals surface area contributed by atoms with Crippen LogP contribution in [0.1, 0.15) is 80.2 Å². The highest BCUT2D eigenvalue weighted by Crippen LogP contribution is 2.40. The molecule has 0 N–H and O–H groups in total. The molecule has 5 heteroatoms. The van der Waals surface area contributed by atoms with Gasteiger partial charge in [-0.1, -0.05) is 55.7 Å². The first-order valence-electron chi connectivity index (χ1n) is 13.5. The number of amides is 2. The molecule has 2 aromatic rings. The van der Waals surface area contributed by atoms with Gasteiger partial charge in [0.15, 0.2) is 6.10 Å². The average Bonchev–Trinajstić information content (AvgIpc) is 3.61. The summed E-state index contributed by atoms with van der Waals surface area (Å²) in [6.07, 6.45) is 7.47. The maximum absolute atomic E-state index is 13.7. The number of rotatable bonds is 6. The highest BCUT2D eigenvalue weighted by atomic mass is 16.5. The minimum Gasteiger partial charge on any atom is -0.481 e. The van der Waals surface area contributed by atoms with E-state index in [0.29, 0.717) is 12.3 Å². The topological polar surface area (TPSA) is 49.9 Å². The van der Waals surface area contributed by atoms with E-state index in [1.165, 1.54) is 11.1 Å². The predicted molar refractivity (Wildman–Crippen MR) is 137 cm³/mol. The van der Waals surface area contributed by atoms with Gasteiger partial charge in [0.25, 0.3) is 5.91 Å². The standard InChI is InChI=1S/C30H38N2O3/c1-3-27(30(34)31-17-6-7-18-31)35-25-15-14-22-16-19-32(29(33)24-8-4-5-9-24)28(26(22)20-25)23-12-10-21(2)11-13-23/h10-15,20,24,27-28H,3-9,16-19H2,1-2H3/t27-,28+/m0/s1. The molecule has 3 aliphatic rings. The van der Waals surface area contributed by atoms with Gasteiger partial charge in [-0.2, -0.15) is 0 Å². The van der Waals surface area contributed by atoms with Crippen LogP contribution in [-0.4, -0.2) is 47.4 Å². The highest BCUT2D eigenvalue weighted by Gasteiger charge is 2.36. The molecule has 0 bridgehead atoms. The van der Waals surface area contributed by atoms with Crippen molar-refractivity contribution in [2.45, 2.75) is 77.4 Å². The zero-order valence-corrected chi connectivity index (χ0v) is 21.2. The second kappa shape index (κ2) is 10.4. The number of benzene rings is 2. The summed E-state index contributed by atoms with van der Waals surface area (Å²) in [6.45, 7) is 6.50. The summed E-state index contributed by atoms with van der Waals surface area (Å²) in [5, 5.41) is 0. The van der Waals surface area contributed by atoms with E-state index in [2.05, 4.69) is 48.2 Å². The third-order valence-electron chi connectivity index (χ3n) is 8.07. The van der Waals surface area contributed by atoms with Crippen LogP contribution in [0.3, 0.4) is 0 Å². The number of ether oxygens (including phenoxy) is 1. The number of carbonyl (C=O) groups excluding carboxylic acids is 2. The Morgan fingerprint density at radius 2 is 1.69 bits per heavy atom. The molecule has 0 aromatic heterocycles. The van der Waals surface area contributed by atoms with Crippen molar-refractivity contribution >= 4 is 11.8 Å². The number of fused-ring (bicyclic) bond motifs is 1. The largest absolute Gasteiger partial charge is 0.481 e. The van der Waals surface area contributed by atoms with Crippen LogP contribution in [0.25, 0.3) is 0 Å². The van der Waals surface area contributed by atoms with E-state index in [1.807, 2.05) is 17.9 Å². The van der Waals surface area contributed by atoms with Crippen LogP contribution in [0, 0.1) is 12.8 Å². The molecule has 5 nitrogen and oxygen atoms in total. The SMILES string of the molecule is CC[C@H](Oc1ccc2c(c1)[C@@H](c1ccc(C)cc1)N(C(=O)C1CCCC1)CC2)C(=O)N1CCCC1. The lowest BCUT2D eigenvalue weighted by Gasteiger charge is -2.39. The summed E-state index contributed by atoms with van der Waals surface area (Å²) in [5.74, 6) is 1.25. The first kappa shape index (κ1) is 23.9. The zero-order chi connectivity index (χ0) is 24.4. The van der Waals surface area contributed by atoms with E-state index in [0.717, 1.165) is 81.5 Å². The smallest absolute Gasteiger partial charge is 0.263 e. The Bertz CT molecular complexity index is 1050. The van der Waals surface area contributed by atoms with Crippen molar-refractivity contribution in [1.29, 1.82) is 0 Å². The maximum Gasteiger partial charge on any atom is 0.263 e. The summed E-state index contributed by atoms with van der Waals surface area (Å²) in [4.78, 5) is 30.7. The Kier molecular flexibility index (Phi) is 7.12. The van der Waals surface area contributed by atoms with E-state index in [-0.39, 0.29) is 17.9 Å². The Labute approximate surface area is 209 Å². The van der Waals surface area contributed by atoms with Gasteiger partial charge in [0.1, 0.15) is 5.75 Å². The Hall–Kier alpha value is -2.82. The minimum atomic E-state index is -0.469.